The predicted octanol–water partition coefficient (Wildman–Crippen LogP) is 2.27. The molecule has 2 aliphatic rings. The van der Waals surface area contributed by atoms with E-state index in [1.54, 1.807) is 0 Å². The molecule has 1 N–H and O–H groups in total. The number of rotatable bonds is 4. The summed E-state index contributed by atoms with van der Waals surface area (Å²) in [5.41, 5.74) is 0. The van der Waals surface area contributed by atoms with Crippen LogP contribution in [0.2, 0.25) is 0 Å². The van der Waals surface area contributed by atoms with E-state index in [0.717, 1.165) is 32.2 Å². The minimum atomic E-state index is 0.395. The molecule has 1 saturated heterocycles. The van der Waals surface area contributed by atoms with Crippen LogP contribution in [0.15, 0.2) is 0 Å². The van der Waals surface area contributed by atoms with Gasteiger partial charge in [0, 0.05) is 19.1 Å². The lowest BCUT2D eigenvalue weighted by Gasteiger charge is -2.39. The zero-order valence-corrected chi connectivity index (χ0v) is 12.2. The molecule has 2 rings (SSSR count). The van der Waals surface area contributed by atoms with Crippen molar-refractivity contribution in [1.82, 2.24) is 10.2 Å². The Kier molecular flexibility index (Phi) is 5.93. The van der Waals surface area contributed by atoms with E-state index in [2.05, 4.69) is 24.2 Å². The summed E-state index contributed by atoms with van der Waals surface area (Å²) in [5.74, 6) is 0.819. The fourth-order valence-electron chi connectivity index (χ4n) is 3.63. The predicted molar refractivity (Wildman–Crippen MR) is 75.9 cm³/mol. The number of ether oxygens (including phenoxy) is 1. The quantitative estimate of drug-likeness (QED) is 0.779. The summed E-state index contributed by atoms with van der Waals surface area (Å²) < 4.78 is 6.05. The molecule has 2 fully saturated rings. The SMILES string of the molecule is CCN1CCOC(C(NC)C2CCCCCC2)C1. The summed E-state index contributed by atoms with van der Waals surface area (Å²) in [6, 6.07) is 0.553. The summed E-state index contributed by atoms with van der Waals surface area (Å²) in [6.45, 7) is 6.53. The Balaban J connectivity index is 1.93. The summed E-state index contributed by atoms with van der Waals surface area (Å²) in [5, 5.41) is 3.56. The summed E-state index contributed by atoms with van der Waals surface area (Å²) >= 11 is 0. The van der Waals surface area contributed by atoms with Crippen molar-refractivity contribution in [2.24, 2.45) is 5.92 Å². The average Bonchev–Trinajstić information content (AvgIpc) is 2.69. The van der Waals surface area contributed by atoms with Crippen LogP contribution in [0.4, 0.5) is 0 Å². The van der Waals surface area contributed by atoms with Crippen molar-refractivity contribution in [1.29, 1.82) is 0 Å². The van der Waals surface area contributed by atoms with Gasteiger partial charge in [0.1, 0.15) is 0 Å². The first kappa shape index (κ1) is 14.3. The molecule has 2 unspecified atom stereocenters. The van der Waals surface area contributed by atoms with Crippen molar-refractivity contribution in [3.8, 4) is 0 Å². The van der Waals surface area contributed by atoms with Crippen LogP contribution in [0, 0.1) is 5.92 Å². The molecule has 106 valence electrons. The van der Waals surface area contributed by atoms with Crippen LogP contribution in [0.25, 0.3) is 0 Å². The normalized spacial score (nSPS) is 30.0. The molecule has 3 nitrogen and oxygen atoms in total. The number of hydrogen-bond acceptors (Lipinski definition) is 3. The van der Waals surface area contributed by atoms with E-state index in [0.29, 0.717) is 12.1 Å². The monoisotopic (exact) mass is 254 g/mol. The van der Waals surface area contributed by atoms with E-state index >= 15 is 0 Å². The molecule has 18 heavy (non-hydrogen) atoms. The third-order valence-corrected chi connectivity index (χ3v) is 4.77. The van der Waals surface area contributed by atoms with Crippen molar-refractivity contribution in [2.45, 2.75) is 57.6 Å². The van der Waals surface area contributed by atoms with Crippen LogP contribution in [0.1, 0.15) is 45.4 Å². The lowest BCUT2D eigenvalue weighted by Crippen LogP contribution is -2.54. The minimum Gasteiger partial charge on any atom is -0.374 e. The van der Waals surface area contributed by atoms with Crippen LogP contribution in [0.3, 0.4) is 0 Å². The van der Waals surface area contributed by atoms with Gasteiger partial charge in [-0.2, -0.15) is 0 Å². The molecule has 0 radical (unpaired) electrons. The zero-order chi connectivity index (χ0) is 12.8. The van der Waals surface area contributed by atoms with Gasteiger partial charge >= 0.3 is 0 Å². The highest BCUT2D eigenvalue weighted by molar-refractivity contribution is 4.87. The highest BCUT2D eigenvalue weighted by Crippen LogP contribution is 2.28. The minimum absolute atomic E-state index is 0.395. The Labute approximate surface area is 112 Å². The molecule has 1 heterocycles. The molecule has 1 aliphatic heterocycles. The molecule has 2 atom stereocenters. The van der Waals surface area contributed by atoms with Gasteiger partial charge in [-0.15, -0.1) is 0 Å². The highest BCUT2D eigenvalue weighted by atomic mass is 16.5. The van der Waals surface area contributed by atoms with Gasteiger partial charge in [0.15, 0.2) is 0 Å². The topological polar surface area (TPSA) is 24.5 Å². The maximum Gasteiger partial charge on any atom is 0.0857 e. The average molecular weight is 254 g/mol. The Morgan fingerprint density at radius 2 is 1.94 bits per heavy atom. The van der Waals surface area contributed by atoms with Crippen LogP contribution in [-0.2, 0) is 4.74 Å². The molecule has 0 aromatic carbocycles. The molecule has 0 aromatic rings. The van der Waals surface area contributed by atoms with E-state index in [9.17, 15) is 0 Å². The van der Waals surface area contributed by atoms with Crippen LogP contribution < -0.4 is 5.32 Å². The fourth-order valence-corrected chi connectivity index (χ4v) is 3.63. The second-order valence-corrected chi connectivity index (χ2v) is 5.87. The maximum absolute atomic E-state index is 6.05. The lowest BCUT2D eigenvalue weighted by atomic mass is 9.87. The van der Waals surface area contributed by atoms with Gasteiger partial charge in [-0.25, -0.2) is 0 Å². The first-order valence-electron chi connectivity index (χ1n) is 7.86. The molecule has 0 spiro atoms. The fraction of sp³-hybridized carbons (Fsp3) is 1.00. The van der Waals surface area contributed by atoms with Crippen LogP contribution in [0.5, 0.6) is 0 Å². The van der Waals surface area contributed by atoms with Gasteiger partial charge in [-0.1, -0.05) is 32.6 Å². The summed E-state index contributed by atoms with van der Waals surface area (Å²) in [7, 11) is 2.11. The third-order valence-electron chi connectivity index (χ3n) is 4.77. The largest absolute Gasteiger partial charge is 0.374 e. The Morgan fingerprint density at radius 3 is 2.56 bits per heavy atom. The van der Waals surface area contributed by atoms with Crippen LogP contribution in [-0.4, -0.2) is 50.3 Å². The Hall–Kier alpha value is -0.120. The van der Waals surface area contributed by atoms with E-state index in [4.69, 9.17) is 4.74 Å². The van der Waals surface area contributed by atoms with E-state index in [1.165, 1.54) is 38.5 Å². The van der Waals surface area contributed by atoms with E-state index in [-0.39, 0.29) is 0 Å². The second kappa shape index (κ2) is 7.46. The van der Waals surface area contributed by atoms with Gasteiger partial charge in [-0.3, -0.25) is 4.90 Å². The maximum atomic E-state index is 6.05. The third kappa shape index (κ3) is 3.69. The Morgan fingerprint density at radius 1 is 1.22 bits per heavy atom. The first-order chi connectivity index (χ1) is 8.85. The van der Waals surface area contributed by atoms with Crippen LogP contribution >= 0.6 is 0 Å². The van der Waals surface area contributed by atoms with Crippen molar-refractivity contribution in [3.05, 3.63) is 0 Å². The smallest absolute Gasteiger partial charge is 0.0857 e. The standard InChI is InChI=1S/C15H30N2O/c1-3-17-10-11-18-14(12-17)15(16-2)13-8-6-4-5-7-9-13/h13-16H,3-12H2,1-2H3. The van der Waals surface area contributed by atoms with Crippen molar-refractivity contribution in [2.75, 3.05) is 33.3 Å². The van der Waals surface area contributed by atoms with Crippen molar-refractivity contribution in [3.63, 3.8) is 0 Å². The summed E-state index contributed by atoms with van der Waals surface area (Å²) in [4.78, 5) is 2.52. The van der Waals surface area contributed by atoms with Crippen molar-refractivity contribution >= 4 is 0 Å². The number of morpholine rings is 1. The Bertz CT molecular complexity index is 227. The van der Waals surface area contributed by atoms with E-state index < -0.39 is 0 Å². The number of hydrogen-bond donors (Lipinski definition) is 1. The molecular formula is C15H30N2O. The molecule has 1 aliphatic carbocycles. The lowest BCUT2D eigenvalue weighted by molar-refractivity contribution is -0.0550. The molecule has 0 amide bonds. The number of nitrogens with one attached hydrogen (secondary N) is 1. The highest BCUT2D eigenvalue weighted by Gasteiger charge is 2.32. The second-order valence-electron chi connectivity index (χ2n) is 5.87. The molecule has 0 bridgehead atoms. The van der Waals surface area contributed by atoms with Crippen molar-refractivity contribution < 1.29 is 4.74 Å². The zero-order valence-electron chi connectivity index (χ0n) is 12.2. The number of likely N-dealkylation sites (N-methyl/N-ethyl adjacent to an activating group) is 2. The van der Waals surface area contributed by atoms with Gasteiger partial charge in [0.05, 0.1) is 12.7 Å². The van der Waals surface area contributed by atoms with Gasteiger partial charge in [0.2, 0.25) is 0 Å². The molecule has 3 heteroatoms. The molecule has 1 saturated carbocycles. The molecule has 0 aromatic heterocycles. The number of nitrogens with zero attached hydrogens (tertiary/aromatic N) is 1. The molecular weight excluding hydrogens is 224 g/mol. The summed E-state index contributed by atoms with van der Waals surface area (Å²) in [6.07, 6.45) is 8.85. The first-order valence-corrected chi connectivity index (χ1v) is 7.86. The van der Waals surface area contributed by atoms with Gasteiger partial charge < -0.3 is 10.1 Å². The van der Waals surface area contributed by atoms with E-state index in [1.807, 2.05) is 0 Å². The van der Waals surface area contributed by atoms with Gasteiger partial charge in [-0.05, 0) is 32.4 Å². The van der Waals surface area contributed by atoms with Gasteiger partial charge in [0.25, 0.3) is 0 Å².